The summed E-state index contributed by atoms with van der Waals surface area (Å²) >= 11 is 0. The summed E-state index contributed by atoms with van der Waals surface area (Å²) in [5.74, 6) is -0.0966. The molecule has 0 aliphatic carbocycles. The highest BCUT2D eigenvalue weighted by Gasteiger charge is 2.51. The molecule has 1 fully saturated rings. The van der Waals surface area contributed by atoms with Crippen molar-refractivity contribution in [2.45, 2.75) is 24.4 Å². The zero-order chi connectivity index (χ0) is 20.4. The van der Waals surface area contributed by atoms with E-state index >= 15 is 0 Å². The molecule has 7 nitrogen and oxygen atoms in total. The van der Waals surface area contributed by atoms with Gasteiger partial charge in [0.25, 0.3) is 0 Å². The normalized spacial score (nSPS) is 22.6. The molecule has 2 aliphatic heterocycles. The summed E-state index contributed by atoms with van der Waals surface area (Å²) in [5.41, 5.74) is 2.74. The van der Waals surface area contributed by atoms with Crippen LogP contribution in [0.5, 0.6) is 0 Å². The van der Waals surface area contributed by atoms with Gasteiger partial charge < -0.3 is 15.0 Å². The number of hydrogen-bond acceptors (Lipinski definition) is 4. The maximum atomic E-state index is 12.7. The first-order valence-electron chi connectivity index (χ1n) is 9.87. The van der Waals surface area contributed by atoms with Crippen molar-refractivity contribution in [3.05, 3.63) is 59.9 Å². The number of urea groups is 1. The maximum Gasteiger partial charge on any atom is 0.323 e. The lowest BCUT2D eigenvalue weighted by Gasteiger charge is -2.25. The van der Waals surface area contributed by atoms with E-state index in [1.54, 1.807) is 36.3 Å². The van der Waals surface area contributed by atoms with E-state index < -0.39 is 6.10 Å². The van der Waals surface area contributed by atoms with Crippen LogP contribution in [0.2, 0.25) is 0 Å². The third kappa shape index (κ3) is 3.70. The molecule has 29 heavy (non-hydrogen) atoms. The fourth-order valence-electron chi connectivity index (χ4n) is 4.23. The molecule has 0 saturated carbocycles. The van der Waals surface area contributed by atoms with Crippen molar-refractivity contribution >= 4 is 17.6 Å². The minimum Gasteiger partial charge on any atom is -0.367 e. The Morgan fingerprint density at radius 2 is 2.10 bits per heavy atom. The summed E-state index contributed by atoms with van der Waals surface area (Å²) in [5, 5.41) is 2.98. The Kier molecular flexibility index (Phi) is 5.24. The molecule has 2 unspecified atom stereocenters. The second kappa shape index (κ2) is 7.83. The molecular formula is C22H26N4O3. The number of carbonyl (C=O) groups excluding carboxylic acids is 2. The Labute approximate surface area is 170 Å². The van der Waals surface area contributed by atoms with Crippen LogP contribution in [-0.4, -0.2) is 61.7 Å². The van der Waals surface area contributed by atoms with E-state index in [9.17, 15) is 9.59 Å². The largest absolute Gasteiger partial charge is 0.367 e. The molecule has 2 aromatic rings. The van der Waals surface area contributed by atoms with Crippen LogP contribution in [0.25, 0.3) is 0 Å². The van der Waals surface area contributed by atoms with Gasteiger partial charge in [0.2, 0.25) is 5.91 Å². The number of nitrogens with one attached hydrogen (secondary N) is 1. The number of anilines is 1. The van der Waals surface area contributed by atoms with Crippen molar-refractivity contribution in [3.63, 3.8) is 0 Å². The average molecular weight is 394 g/mol. The van der Waals surface area contributed by atoms with E-state index in [1.807, 2.05) is 36.4 Å². The first-order valence-corrected chi connectivity index (χ1v) is 9.87. The first-order chi connectivity index (χ1) is 14.0. The Bertz CT molecular complexity index is 902. The maximum absolute atomic E-state index is 12.7. The number of nitrogens with zero attached hydrogens (tertiary/aromatic N) is 3. The zero-order valence-corrected chi connectivity index (χ0v) is 16.8. The number of pyridine rings is 1. The van der Waals surface area contributed by atoms with Crippen LogP contribution in [0.3, 0.4) is 0 Å². The molecule has 1 aromatic carbocycles. The molecule has 1 spiro atoms. The molecule has 1 saturated heterocycles. The lowest BCUT2D eigenvalue weighted by molar-refractivity contribution is -0.129. The topological polar surface area (TPSA) is 74.8 Å². The quantitative estimate of drug-likeness (QED) is 0.860. The predicted molar refractivity (Wildman–Crippen MR) is 110 cm³/mol. The van der Waals surface area contributed by atoms with Crippen LogP contribution in [0, 0.1) is 0 Å². The molecule has 1 N–H and O–H groups in total. The molecule has 1 aromatic heterocycles. The smallest absolute Gasteiger partial charge is 0.323 e. The molecule has 152 valence electrons. The number of carbonyl (C=O) groups is 2. The van der Waals surface area contributed by atoms with E-state index in [0.29, 0.717) is 26.1 Å². The SMILES string of the molecule is CN(C)C(=O)N1CC2(COC(C(=O)NCCc3cccnc3)C2)c2ccccc21. The predicted octanol–water partition coefficient (Wildman–Crippen LogP) is 1.97. The number of aromatic nitrogens is 1. The van der Waals surface area contributed by atoms with Crippen LogP contribution >= 0.6 is 0 Å². The lowest BCUT2D eigenvalue weighted by atomic mass is 9.80. The van der Waals surface area contributed by atoms with Crippen molar-refractivity contribution in [1.29, 1.82) is 0 Å². The summed E-state index contributed by atoms with van der Waals surface area (Å²) < 4.78 is 5.92. The van der Waals surface area contributed by atoms with Crippen LogP contribution in [0.15, 0.2) is 48.8 Å². The van der Waals surface area contributed by atoms with Crippen LogP contribution in [-0.2, 0) is 21.4 Å². The minimum absolute atomic E-state index is 0.0568. The van der Waals surface area contributed by atoms with Gasteiger partial charge in [-0.2, -0.15) is 0 Å². The number of benzene rings is 1. The third-order valence-corrected chi connectivity index (χ3v) is 5.71. The van der Waals surface area contributed by atoms with E-state index in [2.05, 4.69) is 10.3 Å². The Morgan fingerprint density at radius 3 is 2.86 bits per heavy atom. The minimum atomic E-state index is -0.508. The van der Waals surface area contributed by atoms with Gasteiger partial charge in [-0.3, -0.25) is 14.7 Å². The molecule has 0 bridgehead atoms. The van der Waals surface area contributed by atoms with Gasteiger partial charge in [0.1, 0.15) is 6.10 Å². The number of para-hydroxylation sites is 1. The highest BCUT2D eigenvalue weighted by molar-refractivity contribution is 5.95. The van der Waals surface area contributed by atoms with Gasteiger partial charge in [-0.15, -0.1) is 0 Å². The van der Waals surface area contributed by atoms with Gasteiger partial charge in [0.05, 0.1) is 6.61 Å². The second-order valence-electron chi connectivity index (χ2n) is 7.97. The number of fused-ring (bicyclic) bond motifs is 2. The van der Waals surface area contributed by atoms with Gasteiger partial charge >= 0.3 is 6.03 Å². The van der Waals surface area contributed by atoms with Crippen molar-refractivity contribution in [1.82, 2.24) is 15.2 Å². The van der Waals surface area contributed by atoms with Crippen LogP contribution < -0.4 is 10.2 Å². The van der Waals surface area contributed by atoms with Gasteiger partial charge in [-0.05, 0) is 36.1 Å². The van der Waals surface area contributed by atoms with Gasteiger partial charge in [0, 0.05) is 50.7 Å². The summed E-state index contributed by atoms with van der Waals surface area (Å²) in [6.07, 6.45) is 4.33. The van der Waals surface area contributed by atoms with Crippen molar-refractivity contribution < 1.29 is 14.3 Å². The summed E-state index contributed by atoms with van der Waals surface area (Å²) in [6.45, 7) is 1.50. The Balaban J connectivity index is 1.43. The van der Waals surface area contributed by atoms with E-state index in [1.165, 1.54) is 0 Å². The third-order valence-electron chi connectivity index (χ3n) is 5.71. The van der Waals surface area contributed by atoms with E-state index in [-0.39, 0.29) is 17.4 Å². The highest BCUT2D eigenvalue weighted by Crippen LogP contribution is 2.47. The molecule has 4 rings (SSSR count). The summed E-state index contributed by atoms with van der Waals surface area (Å²) in [7, 11) is 3.50. The number of rotatable bonds is 4. The first kappa shape index (κ1) is 19.4. The van der Waals surface area contributed by atoms with Gasteiger partial charge in [-0.1, -0.05) is 24.3 Å². The molecular weight excluding hydrogens is 368 g/mol. The van der Waals surface area contributed by atoms with Crippen molar-refractivity contribution in [2.24, 2.45) is 0 Å². The molecule has 2 aliphatic rings. The van der Waals surface area contributed by atoms with Crippen molar-refractivity contribution in [2.75, 3.05) is 38.7 Å². The Morgan fingerprint density at radius 1 is 1.28 bits per heavy atom. The van der Waals surface area contributed by atoms with Crippen LogP contribution in [0.1, 0.15) is 17.5 Å². The van der Waals surface area contributed by atoms with E-state index in [0.717, 1.165) is 23.2 Å². The van der Waals surface area contributed by atoms with Crippen molar-refractivity contribution in [3.8, 4) is 0 Å². The van der Waals surface area contributed by atoms with Gasteiger partial charge in [0.15, 0.2) is 0 Å². The molecule has 2 atom stereocenters. The number of hydrogen-bond donors (Lipinski definition) is 1. The number of ether oxygens (including phenoxy) is 1. The lowest BCUT2D eigenvalue weighted by Crippen LogP contribution is -2.43. The molecule has 3 amide bonds. The summed E-state index contributed by atoms with van der Waals surface area (Å²) in [6, 6.07) is 11.7. The number of amides is 3. The molecule has 0 radical (unpaired) electrons. The standard InChI is InChI=1S/C22H26N4O3/c1-25(2)21(28)26-14-22(17-7-3-4-8-18(17)26)12-19(29-15-22)20(27)24-11-9-16-6-5-10-23-13-16/h3-8,10,13,19H,9,11-12,14-15H2,1-2H3,(H,24,27). The highest BCUT2D eigenvalue weighted by atomic mass is 16.5. The Hall–Kier alpha value is -2.93. The summed E-state index contributed by atoms with van der Waals surface area (Å²) in [4.78, 5) is 32.8. The second-order valence-corrected chi connectivity index (χ2v) is 7.97. The fraction of sp³-hybridized carbons (Fsp3) is 0.409. The monoisotopic (exact) mass is 394 g/mol. The fourth-order valence-corrected chi connectivity index (χ4v) is 4.23. The van der Waals surface area contributed by atoms with Crippen LogP contribution in [0.4, 0.5) is 10.5 Å². The average Bonchev–Trinajstić information content (AvgIpc) is 3.31. The molecule has 3 heterocycles. The molecule has 7 heteroatoms. The van der Waals surface area contributed by atoms with E-state index in [4.69, 9.17) is 4.74 Å². The van der Waals surface area contributed by atoms with Gasteiger partial charge in [-0.25, -0.2) is 4.79 Å². The zero-order valence-electron chi connectivity index (χ0n) is 16.8.